The van der Waals surface area contributed by atoms with Gasteiger partial charge in [0.15, 0.2) is 5.79 Å². The first-order valence-corrected chi connectivity index (χ1v) is 10.4. The van der Waals surface area contributed by atoms with Crippen LogP contribution in [0.25, 0.3) is 0 Å². The maximum atomic E-state index is 12.0. The van der Waals surface area contributed by atoms with Gasteiger partial charge < -0.3 is 14.2 Å². The summed E-state index contributed by atoms with van der Waals surface area (Å²) in [4.78, 5) is 12.0. The number of cyclic esters (lactones) is 1. The van der Waals surface area contributed by atoms with Gasteiger partial charge in [0.2, 0.25) is 0 Å². The largest absolute Gasteiger partial charge is 0.466 e. The Kier molecular flexibility index (Phi) is 3.61. The SMILES string of the molecule is CC12CC[C@H]3[C@@H](CC[C@H]4CC(=O)OCC[C@@]43C)[C@@H]1CCC21OCCO1. The van der Waals surface area contributed by atoms with Crippen molar-refractivity contribution in [2.45, 2.75) is 71.0 Å². The predicted octanol–water partition coefficient (Wildman–Crippen LogP) is 3.93. The van der Waals surface area contributed by atoms with E-state index < -0.39 is 0 Å². The first-order valence-electron chi connectivity index (χ1n) is 10.4. The van der Waals surface area contributed by atoms with Crippen LogP contribution < -0.4 is 0 Å². The molecule has 5 fully saturated rings. The third-order valence-electron chi connectivity index (χ3n) is 9.18. The average molecular weight is 348 g/mol. The lowest BCUT2D eigenvalue weighted by Gasteiger charge is -2.59. The van der Waals surface area contributed by atoms with E-state index in [2.05, 4.69) is 13.8 Å². The van der Waals surface area contributed by atoms with E-state index in [4.69, 9.17) is 14.2 Å². The second kappa shape index (κ2) is 5.45. The minimum Gasteiger partial charge on any atom is -0.466 e. The van der Waals surface area contributed by atoms with Crippen molar-refractivity contribution in [1.29, 1.82) is 0 Å². The van der Waals surface area contributed by atoms with Gasteiger partial charge in [-0.1, -0.05) is 13.8 Å². The third-order valence-corrected chi connectivity index (χ3v) is 9.18. The van der Waals surface area contributed by atoms with Crippen molar-refractivity contribution in [3.8, 4) is 0 Å². The molecule has 4 nitrogen and oxygen atoms in total. The Bertz CT molecular complexity index is 568. The van der Waals surface area contributed by atoms with Crippen LogP contribution in [-0.2, 0) is 19.0 Å². The Morgan fingerprint density at radius 1 is 0.880 bits per heavy atom. The van der Waals surface area contributed by atoms with E-state index >= 15 is 0 Å². The second-order valence-electron chi connectivity index (χ2n) is 9.78. The topological polar surface area (TPSA) is 44.8 Å². The van der Waals surface area contributed by atoms with Gasteiger partial charge in [-0.25, -0.2) is 0 Å². The number of ether oxygens (including phenoxy) is 3. The monoisotopic (exact) mass is 348 g/mol. The summed E-state index contributed by atoms with van der Waals surface area (Å²) in [7, 11) is 0. The van der Waals surface area contributed by atoms with Crippen molar-refractivity contribution >= 4 is 5.97 Å². The Labute approximate surface area is 151 Å². The summed E-state index contributed by atoms with van der Waals surface area (Å²) in [5.41, 5.74) is 0.439. The molecule has 3 saturated carbocycles. The molecule has 2 saturated heterocycles. The molecule has 25 heavy (non-hydrogen) atoms. The first kappa shape index (κ1) is 16.6. The molecule has 5 aliphatic rings. The van der Waals surface area contributed by atoms with Gasteiger partial charge in [0.25, 0.3) is 0 Å². The van der Waals surface area contributed by atoms with Gasteiger partial charge in [-0.05, 0) is 67.6 Å². The molecular formula is C21H32O4. The Balaban J connectivity index is 1.46. The predicted molar refractivity (Wildman–Crippen MR) is 92.7 cm³/mol. The highest BCUT2D eigenvalue weighted by atomic mass is 16.7. The fourth-order valence-electron chi connectivity index (χ4n) is 7.79. The number of rotatable bonds is 0. The van der Waals surface area contributed by atoms with Crippen molar-refractivity contribution in [3.63, 3.8) is 0 Å². The van der Waals surface area contributed by atoms with E-state index in [1.807, 2.05) is 0 Å². The number of carbonyl (C=O) groups is 1. The number of esters is 1. The lowest BCUT2D eigenvalue weighted by Crippen LogP contribution is -2.56. The zero-order valence-corrected chi connectivity index (χ0v) is 15.7. The van der Waals surface area contributed by atoms with E-state index in [0.717, 1.165) is 37.9 Å². The van der Waals surface area contributed by atoms with Crippen LogP contribution >= 0.6 is 0 Å². The summed E-state index contributed by atoms with van der Waals surface area (Å²) in [5.74, 6) is 2.45. The van der Waals surface area contributed by atoms with Gasteiger partial charge in [0.1, 0.15) is 0 Å². The van der Waals surface area contributed by atoms with Crippen LogP contribution in [0, 0.1) is 34.5 Å². The molecule has 4 heteroatoms. The van der Waals surface area contributed by atoms with E-state index in [0.29, 0.717) is 24.9 Å². The summed E-state index contributed by atoms with van der Waals surface area (Å²) < 4.78 is 17.9. The van der Waals surface area contributed by atoms with Crippen LogP contribution in [0.1, 0.15) is 65.2 Å². The summed E-state index contributed by atoms with van der Waals surface area (Å²) >= 11 is 0. The zero-order chi connectivity index (χ0) is 17.3. The summed E-state index contributed by atoms with van der Waals surface area (Å²) in [5, 5.41) is 0. The van der Waals surface area contributed by atoms with Crippen LogP contribution in [0.3, 0.4) is 0 Å². The summed E-state index contributed by atoms with van der Waals surface area (Å²) in [6, 6.07) is 0. The lowest BCUT2D eigenvalue weighted by atomic mass is 9.46. The fourth-order valence-corrected chi connectivity index (χ4v) is 7.79. The molecule has 1 spiro atoms. The molecule has 6 atom stereocenters. The van der Waals surface area contributed by atoms with Crippen molar-refractivity contribution in [3.05, 3.63) is 0 Å². The molecule has 0 aromatic rings. The summed E-state index contributed by atoms with van der Waals surface area (Å²) in [6.07, 6.45) is 8.92. The van der Waals surface area contributed by atoms with Crippen molar-refractivity contribution < 1.29 is 19.0 Å². The lowest BCUT2D eigenvalue weighted by molar-refractivity contribution is -0.246. The molecule has 0 amide bonds. The fraction of sp³-hybridized carbons (Fsp3) is 0.952. The molecule has 1 unspecified atom stereocenters. The quantitative estimate of drug-likeness (QED) is 0.622. The molecule has 0 radical (unpaired) electrons. The van der Waals surface area contributed by atoms with Crippen molar-refractivity contribution in [2.24, 2.45) is 34.5 Å². The van der Waals surface area contributed by atoms with Crippen LogP contribution in [0.15, 0.2) is 0 Å². The standard InChI is InChI=1S/C21H32O4/c1-19-9-10-23-18(22)13-14(19)3-4-15-16(19)5-7-20(2)17(15)6-8-21(20)24-11-12-25-21/h14-17H,3-13H2,1-2H3/t14-,15+,16-,17-,19-,20?/m0/s1. The Hall–Kier alpha value is -0.610. The first-order chi connectivity index (χ1) is 12.0. The van der Waals surface area contributed by atoms with E-state index in [9.17, 15) is 4.79 Å². The maximum Gasteiger partial charge on any atom is 0.306 e. The van der Waals surface area contributed by atoms with E-state index in [-0.39, 0.29) is 22.6 Å². The molecular weight excluding hydrogens is 316 g/mol. The number of fused-ring (bicyclic) bond motifs is 6. The zero-order valence-electron chi connectivity index (χ0n) is 15.7. The molecule has 5 rings (SSSR count). The highest BCUT2D eigenvalue weighted by Crippen LogP contribution is 2.68. The smallest absolute Gasteiger partial charge is 0.306 e. The van der Waals surface area contributed by atoms with Crippen molar-refractivity contribution in [1.82, 2.24) is 0 Å². The average Bonchev–Trinajstić information content (AvgIpc) is 3.13. The molecule has 0 N–H and O–H groups in total. The minimum absolute atomic E-state index is 0.0281. The van der Waals surface area contributed by atoms with Gasteiger partial charge in [-0.3, -0.25) is 4.79 Å². The molecule has 2 aliphatic heterocycles. The van der Waals surface area contributed by atoms with Crippen LogP contribution in [-0.4, -0.2) is 31.6 Å². The maximum absolute atomic E-state index is 12.0. The molecule has 0 aromatic carbocycles. The highest BCUT2D eigenvalue weighted by molar-refractivity contribution is 5.70. The number of hydrogen-bond donors (Lipinski definition) is 0. The van der Waals surface area contributed by atoms with Crippen LogP contribution in [0.4, 0.5) is 0 Å². The molecule has 0 aromatic heterocycles. The van der Waals surface area contributed by atoms with E-state index in [1.165, 1.54) is 32.1 Å². The number of hydrogen-bond acceptors (Lipinski definition) is 4. The van der Waals surface area contributed by atoms with Gasteiger partial charge in [0.05, 0.1) is 19.8 Å². The third kappa shape index (κ3) is 2.10. The number of carbonyl (C=O) groups excluding carboxylic acids is 1. The van der Waals surface area contributed by atoms with Gasteiger partial charge in [0, 0.05) is 18.3 Å². The van der Waals surface area contributed by atoms with Gasteiger partial charge >= 0.3 is 5.97 Å². The highest BCUT2D eigenvalue weighted by Gasteiger charge is 2.67. The van der Waals surface area contributed by atoms with Gasteiger partial charge in [-0.2, -0.15) is 0 Å². The Morgan fingerprint density at radius 2 is 1.64 bits per heavy atom. The van der Waals surface area contributed by atoms with Crippen LogP contribution in [0.5, 0.6) is 0 Å². The Morgan fingerprint density at radius 3 is 2.44 bits per heavy atom. The molecule has 3 aliphatic carbocycles. The normalized spacial score (nSPS) is 51.4. The molecule has 2 heterocycles. The van der Waals surface area contributed by atoms with Crippen molar-refractivity contribution in [2.75, 3.05) is 19.8 Å². The minimum atomic E-state index is -0.303. The molecule has 140 valence electrons. The second-order valence-corrected chi connectivity index (χ2v) is 9.78. The van der Waals surface area contributed by atoms with Gasteiger partial charge in [-0.15, -0.1) is 0 Å². The molecule has 0 bridgehead atoms. The van der Waals surface area contributed by atoms with E-state index in [1.54, 1.807) is 0 Å². The van der Waals surface area contributed by atoms with Crippen LogP contribution in [0.2, 0.25) is 0 Å². The summed E-state index contributed by atoms with van der Waals surface area (Å²) in [6.45, 7) is 7.05.